The number of hydrogen-bond acceptors (Lipinski definition) is 4. The first-order valence-corrected chi connectivity index (χ1v) is 10.6. The molecule has 0 aliphatic heterocycles. The number of carbonyl (C=O) groups is 1. The van der Waals surface area contributed by atoms with Crippen LogP contribution >= 0.6 is 11.3 Å². The van der Waals surface area contributed by atoms with Gasteiger partial charge in [0, 0.05) is 31.9 Å². The molecular weight excluding hydrogens is 346 g/mol. The highest BCUT2D eigenvalue weighted by atomic mass is 32.1. The highest BCUT2D eigenvalue weighted by Gasteiger charge is 2.16. The molecule has 1 aromatic heterocycles. The first-order chi connectivity index (χ1) is 12.6. The number of carbonyl (C=O) groups excluding carboxylic acids is 1. The van der Waals surface area contributed by atoms with Gasteiger partial charge in [0.05, 0.1) is 12.2 Å². The smallest absolute Gasteiger partial charge is 0.220 e. The van der Waals surface area contributed by atoms with E-state index in [0.717, 1.165) is 16.7 Å². The number of nitrogens with one attached hydrogen (secondary N) is 3. The summed E-state index contributed by atoms with van der Waals surface area (Å²) in [5, 5.41) is 12.7. The lowest BCUT2D eigenvalue weighted by Gasteiger charge is -2.20. The summed E-state index contributed by atoms with van der Waals surface area (Å²) in [6, 6.07) is 0. The zero-order chi connectivity index (χ0) is 18.8. The third kappa shape index (κ3) is 7.32. The average molecular weight is 380 g/mol. The molecule has 0 bridgehead atoms. The number of guanidine groups is 1. The van der Waals surface area contributed by atoms with E-state index in [1.807, 2.05) is 0 Å². The molecular formula is C19H33N5OS. The summed E-state index contributed by atoms with van der Waals surface area (Å²) in [6.45, 7) is 6.22. The monoisotopic (exact) mass is 379 g/mol. The zero-order valence-electron chi connectivity index (χ0n) is 16.3. The molecule has 0 radical (unpaired) electrons. The summed E-state index contributed by atoms with van der Waals surface area (Å²) in [7, 11) is 1.75. The van der Waals surface area contributed by atoms with E-state index < -0.39 is 0 Å². The maximum atomic E-state index is 12.0. The van der Waals surface area contributed by atoms with Crippen molar-refractivity contribution in [2.45, 2.75) is 64.8 Å². The molecule has 146 valence electrons. The van der Waals surface area contributed by atoms with Gasteiger partial charge in [-0.3, -0.25) is 9.79 Å². The molecule has 1 heterocycles. The number of thiazole rings is 1. The van der Waals surface area contributed by atoms with E-state index in [9.17, 15) is 4.79 Å². The van der Waals surface area contributed by atoms with Crippen molar-refractivity contribution in [2.24, 2.45) is 10.9 Å². The summed E-state index contributed by atoms with van der Waals surface area (Å²) in [5.41, 5.74) is 1.13. The summed E-state index contributed by atoms with van der Waals surface area (Å²) >= 11 is 1.67. The molecule has 2 rings (SSSR count). The van der Waals surface area contributed by atoms with Gasteiger partial charge in [0.25, 0.3) is 0 Å². The van der Waals surface area contributed by atoms with Gasteiger partial charge in [-0.05, 0) is 24.7 Å². The second kappa shape index (κ2) is 11.2. The van der Waals surface area contributed by atoms with Crippen LogP contribution in [0.25, 0.3) is 0 Å². The van der Waals surface area contributed by atoms with E-state index in [-0.39, 0.29) is 5.91 Å². The van der Waals surface area contributed by atoms with Gasteiger partial charge in [-0.1, -0.05) is 33.1 Å². The third-order valence-electron chi connectivity index (χ3n) is 4.73. The predicted octanol–water partition coefficient (Wildman–Crippen LogP) is 3.02. The van der Waals surface area contributed by atoms with E-state index in [1.165, 1.54) is 32.1 Å². The van der Waals surface area contributed by atoms with Crippen LogP contribution in [0.15, 0.2) is 10.4 Å². The fourth-order valence-electron chi connectivity index (χ4n) is 3.16. The van der Waals surface area contributed by atoms with Crippen LogP contribution in [-0.2, 0) is 11.3 Å². The number of rotatable bonds is 8. The Balaban J connectivity index is 1.59. The van der Waals surface area contributed by atoms with Crippen LogP contribution in [0, 0.1) is 5.92 Å². The van der Waals surface area contributed by atoms with Crippen molar-refractivity contribution in [3.63, 3.8) is 0 Å². The van der Waals surface area contributed by atoms with Crippen LogP contribution in [0.4, 0.5) is 0 Å². The predicted molar refractivity (Wildman–Crippen MR) is 109 cm³/mol. The Morgan fingerprint density at radius 2 is 1.96 bits per heavy atom. The molecule has 1 amide bonds. The summed E-state index contributed by atoms with van der Waals surface area (Å²) in [6.07, 6.45) is 6.97. The van der Waals surface area contributed by atoms with E-state index >= 15 is 0 Å². The van der Waals surface area contributed by atoms with Crippen molar-refractivity contribution in [1.29, 1.82) is 0 Å². The van der Waals surface area contributed by atoms with Gasteiger partial charge in [-0.25, -0.2) is 4.98 Å². The van der Waals surface area contributed by atoms with Crippen LogP contribution in [0.5, 0.6) is 0 Å². The first kappa shape index (κ1) is 20.7. The van der Waals surface area contributed by atoms with Gasteiger partial charge in [-0.15, -0.1) is 11.3 Å². The minimum atomic E-state index is 0.172. The lowest BCUT2D eigenvalue weighted by molar-refractivity contribution is -0.122. The standard InChI is InChI=1S/C19H33N5OS/c1-14(2)16-13-26-18(24-16)12-23-19(20-3)22-10-9-21-17(25)11-15-7-5-4-6-8-15/h13-15H,4-12H2,1-3H3,(H,21,25)(H2,20,22,23). The highest BCUT2D eigenvalue weighted by molar-refractivity contribution is 7.09. The molecule has 7 heteroatoms. The molecule has 1 aliphatic rings. The fraction of sp³-hybridized carbons (Fsp3) is 0.737. The Kier molecular flexibility index (Phi) is 8.88. The Morgan fingerprint density at radius 3 is 2.62 bits per heavy atom. The quantitative estimate of drug-likeness (QED) is 0.369. The van der Waals surface area contributed by atoms with Crippen molar-refractivity contribution in [1.82, 2.24) is 20.9 Å². The van der Waals surface area contributed by atoms with Gasteiger partial charge in [0.2, 0.25) is 5.91 Å². The van der Waals surface area contributed by atoms with Crippen LogP contribution in [-0.4, -0.2) is 37.0 Å². The van der Waals surface area contributed by atoms with Crippen molar-refractivity contribution >= 4 is 23.2 Å². The third-order valence-corrected chi connectivity index (χ3v) is 5.60. The average Bonchev–Trinajstić information content (AvgIpc) is 3.11. The Bertz CT molecular complexity index is 578. The molecule has 0 atom stereocenters. The SMILES string of the molecule is CN=C(NCCNC(=O)CC1CCCCC1)NCc1nc(C(C)C)cs1. The fourth-order valence-corrected chi connectivity index (χ4v) is 4.06. The molecule has 1 aromatic rings. The molecule has 6 nitrogen and oxygen atoms in total. The highest BCUT2D eigenvalue weighted by Crippen LogP contribution is 2.25. The Labute approximate surface area is 161 Å². The second-order valence-corrected chi connectivity index (χ2v) is 8.17. The number of amides is 1. The van der Waals surface area contributed by atoms with E-state index in [0.29, 0.717) is 37.9 Å². The van der Waals surface area contributed by atoms with Crippen molar-refractivity contribution in [3.8, 4) is 0 Å². The van der Waals surface area contributed by atoms with Crippen molar-refractivity contribution < 1.29 is 4.79 Å². The molecule has 1 aliphatic carbocycles. The molecule has 0 aromatic carbocycles. The lowest BCUT2D eigenvalue weighted by Crippen LogP contribution is -2.41. The van der Waals surface area contributed by atoms with Gasteiger partial charge in [0.15, 0.2) is 5.96 Å². The van der Waals surface area contributed by atoms with Crippen molar-refractivity contribution in [3.05, 3.63) is 16.1 Å². The minimum Gasteiger partial charge on any atom is -0.355 e. The lowest BCUT2D eigenvalue weighted by atomic mass is 9.87. The molecule has 26 heavy (non-hydrogen) atoms. The van der Waals surface area contributed by atoms with Crippen LogP contribution in [0.1, 0.15) is 69.0 Å². The summed E-state index contributed by atoms with van der Waals surface area (Å²) in [5.74, 6) is 1.94. The molecule has 0 unspecified atom stereocenters. The number of nitrogens with zero attached hydrogens (tertiary/aromatic N) is 2. The van der Waals surface area contributed by atoms with Gasteiger partial charge in [-0.2, -0.15) is 0 Å². The number of aliphatic imine (C=N–C) groups is 1. The van der Waals surface area contributed by atoms with Crippen LogP contribution < -0.4 is 16.0 Å². The molecule has 3 N–H and O–H groups in total. The van der Waals surface area contributed by atoms with E-state index in [2.05, 4.69) is 45.2 Å². The van der Waals surface area contributed by atoms with Gasteiger partial charge < -0.3 is 16.0 Å². The van der Waals surface area contributed by atoms with Gasteiger partial charge >= 0.3 is 0 Å². The topological polar surface area (TPSA) is 78.4 Å². The first-order valence-electron chi connectivity index (χ1n) is 9.74. The molecule has 0 spiro atoms. The maximum Gasteiger partial charge on any atom is 0.220 e. The van der Waals surface area contributed by atoms with Crippen molar-refractivity contribution in [2.75, 3.05) is 20.1 Å². The Hall–Kier alpha value is -1.63. The van der Waals surface area contributed by atoms with Crippen LogP contribution in [0.3, 0.4) is 0 Å². The number of aromatic nitrogens is 1. The van der Waals surface area contributed by atoms with E-state index in [1.54, 1.807) is 18.4 Å². The zero-order valence-corrected chi connectivity index (χ0v) is 17.1. The maximum absolute atomic E-state index is 12.0. The van der Waals surface area contributed by atoms with E-state index in [4.69, 9.17) is 0 Å². The molecule has 0 saturated heterocycles. The van der Waals surface area contributed by atoms with Gasteiger partial charge in [0.1, 0.15) is 5.01 Å². The molecule has 1 fully saturated rings. The largest absolute Gasteiger partial charge is 0.355 e. The Morgan fingerprint density at radius 1 is 1.23 bits per heavy atom. The van der Waals surface area contributed by atoms with Crippen LogP contribution in [0.2, 0.25) is 0 Å². The summed E-state index contributed by atoms with van der Waals surface area (Å²) in [4.78, 5) is 20.8. The second-order valence-electron chi connectivity index (χ2n) is 7.23. The minimum absolute atomic E-state index is 0.172. The molecule has 1 saturated carbocycles. The number of hydrogen-bond donors (Lipinski definition) is 3. The normalized spacial score (nSPS) is 15.9. The summed E-state index contributed by atoms with van der Waals surface area (Å²) < 4.78 is 0.